The van der Waals surface area contributed by atoms with Gasteiger partial charge in [0.15, 0.2) is 0 Å². The Labute approximate surface area is 154 Å². The number of anilines is 1. The Balaban J connectivity index is 2.29. The number of aromatic nitrogens is 2. The van der Waals surface area contributed by atoms with Gasteiger partial charge in [0, 0.05) is 5.56 Å². The fourth-order valence-corrected chi connectivity index (χ4v) is 3.44. The van der Waals surface area contributed by atoms with Crippen molar-refractivity contribution in [1.82, 2.24) is 9.55 Å². The Bertz CT molecular complexity index is 878. The molecule has 0 bridgehead atoms. The van der Waals surface area contributed by atoms with Gasteiger partial charge in [0.1, 0.15) is 0 Å². The van der Waals surface area contributed by atoms with Gasteiger partial charge in [0.25, 0.3) is 5.56 Å². The van der Waals surface area contributed by atoms with E-state index in [1.807, 2.05) is 67.6 Å². The predicted molar refractivity (Wildman–Crippen MR) is 106 cm³/mol. The van der Waals surface area contributed by atoms with Crippen LogP contribution in [-0.2, 0) is 12.8 Å². The molecule has 2 N–H and O–H groups in total. The molecule has 0 aliphatic heterocycles. The van der Waals surface area contributed by atoms with E-state index in [9.17, 15) is 4.79 Å². The summed E-state index contributed by atoms with van der Waals surface area (Å²) in [5.41, 5.74) is 9.88. The van der Waals surface area contributed by atoms with E-state index < -0.39 is 0 Å². The van der Waals surface area contributed by atoms with Crippen molar-refractivity contribution in [2.75, 3.05) is 5.73 Å². The first kappa shape index (κ1) is 17.9. The summed E-state index contributed by atoms with van der Waals surface area (Å²) in [7, 11) is 0. The second kappa shape index (κ2) is 8.00. The molecule has 2 aromatic carbocycles. The monoisotopic (exact) mass is 347 g/mol. The maximum atomic E-state index is 13.4. The number of hydrogen-bond acceptors (Lipinski definition) is 3. The van der Waals surface area contributed by atoms with Crippen molar-refractivity contribution in [2.45, 2.75) is 39.2 Å². The van der Waals surface area contributed by atoms with Gasteiger partial charge in [-0.15, -0.1) is 0 Å². The van der Waals surface area contributed by atoms with E-state index in [4.69, 9.17) is 5.73 Å². The third kappa shape index (κ3) is 3.40. The average molecular weight is 347 g/mol. The summed E-state index contributed by atoms with van der Waals surface area (Å²) < 4.78 is 1.65. The maximum Gasteiger partial charge on any atom is 0.259 e. The highest BCUT2D eigenvalue weighted by atomic mass is 16.1. The van der Waals surface area contributed by atoms with Crippen molar-refractivity contribution >= 4 is 5.95 Å². The number of nitrogen functional groups attached to an aromatic ring is 1. The van der Waals surface area contributed by atoms with Gasteiger partial charge >= 0.3 is 0 Å². The summed E-state index contributed by atoms with van der Waals surface area (Å²) in [4.78, 5) is 18.0. The van der Waals surface area contributed by atoms with Gasteiger partial charge in [0.05, 0.1) is 11.7 Å². The fraction of sp³-hybridized carbons (Fsp3) is 0.273. The molecule has 1 aromatic heterocycles. The van der Waals surface area contributed by atoms with Crippen molar-refractivity contribution < 1.29 is 0 Å². The van der Waals surface area contributed by atoms with Gasteiger partial charge in [-0.25, -0.2) is 4.98 Å². The highest BCUT2D eigenvalue weighted by molar-refractivity contribution is 5.38. The molecule has 0 aliphatic rings. The van der Waals surface area contributed by atoms with E-state index in [0.717, 1.165) is 28.8 Å². The van der Waals surface area contributed by atoms with Crippen LogP contribution in [-0.4, -0.2) is 9.55 Å². The Morgan fingerprint density at radius 3 is 1.96 bits per heavy atom. The Kier molecular flexibility index (Phi) is 5.52. The quantitative estimate of drug-likeness (QED) is 0.734. The topological polar surface area (TPSA) is 60.9 Å². The molecular weight excluding hydrogens is 322 g/mol. The highest BCUT2D eigenvalue weighted by Crippen LogP contribution is 2.27. The number of nitrogens with zero attached hydrogens (tertiary/aromatic N) is 2. The molecule has 0 unspecified atom stereocenters. The molecule has 0 spiro atoms. The Hall–Kier alpha value is -2.88. The Morgan fingerprint density at radius 1 is 0.962 bits per heavy atom. The lowest BCUT2D eigenvalue weighted by atomic mass is 9.97. The van der Waals surface area contributed by atoms with Gasteiger partial charge < -0.3 is 5.73 Å². The molecule has 0 saturated heterocycles. The molecule has 0 aliphatic carbocycles. The lowest BCUT2D eigenvalue weighted by molar-refractivity contribution is 0.630. The number of nitrogens with two attached hydrogens (primary N) is 1. The molecule has 4 heteroatoms. The summed E-state index contributed by atoms with van der Waals surface area (Å²) in [6.07, 6.45) is 2.32. The molecule has 3 rings (SSSR count). The first-order valence-corrected chi connectivity index (χ1v) is 9.17. The van der Waals surface area contributed by atoms with Crippen LogP contribution in [0.1, 0.15) is 48.7 Å². The molecule has 134 valence electrons. The fourth-order valence-electron chi connectivity index (χ4n) is 3.44. The smallest absolute Gasteiger partial charge is 0.259 e. The minimum absolute atomic E-state index is 0.0334. The summed E-state index contributed by atoms with van der Waals surface area (Å²) in [6, 6.07) is 19.7. The van der Waals surface area contributed by atoms with Crippen molar-refractivity contribution in [3.63, 3.8) is 0 Å². The van der Waals surface area contributed by atoms with E-state index in [1.54, 1.807) is 4.57 Å². The maximum absolute atomic E-state index is 13.4. The zero-order valence-electron chi connectivity index (χ0n) is 15.4. The molecule has 26 heavy (non-hydrogen) atoms. The van der Waals surface area contributed by atoms with Crippen molar-refractivity contribution in [2.24, 2.45) is 0 Å². The lowest BCUT2D eigenvalue weighted by Gasteiger charge is -2.24. The number of hydrogen-bond donors (Lipinski definition) is 1. The minimum atomic E-state index is -0.293. The summed E-state index contributed by atoms with van der Waals surface area (Å²) in [6.45, 7) is 4.09. The van der Waals surface area contributed by atoms with Crippen LogP contribution in [0.3, 0.4) is 0 Å². The van der Waals surface area contributed by atoms with Crippen molar-refractivity contribution in [3.05, 3.63) is 93.4 Å². The molecule has 0 radical (unpaired) electrons. The SMILES string of the molecule is CCCc1c(CC)nc(N)n(C(c2ccccc2)c2ccccc2)c1=O. The van der Waals surface area contributed by atoms with E-state index in [2.05, 4.69) is 11.9 Å². The van der Waals surface area contributed by atoms with Crippen LogP contribution in [0.25, 0.3) is 0 Å². The van der Waals surface area contributed by atoms with Crippen LogP contribution in [0, 0.1) is 0 Å². The summed E-state index contributed by atoms with van der Waals surface area (Å²) >= 11 is 0. The van der Waals surface area contributed by atoms with Crippen LogP contribution < -0.4 is 11.3 Å². The van der Waals surface area contributed by atoms with Gasteiger partial charge in [-0.05, 0) is 24.0 Å². The zero-order chi connectivity index (χ0) is 18.5. The van der Waals surface area contributed by atoms with E-state index in [1.165, 1.54) is 0 Å². The highest BCUT2D eigenvalue weighted by Gasteiger charge is 2.23. The van der Waals surface area contributed by atoms with Crippen LogP contribution >= 0.6 is 0 Å². The average Bonchev–Trinajstić information content (AvgIpc) is 2.68. The zero-order valence-corrected chi connectivity index (χ0v) is 15.4. The second-order valence-electron chi connectivity index (χ2n) is 6.40. The third-order valence-corrected chi connectivity index (χ3v) is 4.65. The molecule has 0 atom stereocenters. The molecule has 3 aromatic rings. The molecule has 0 amide bonds. The largest absolute Gasteiger partial charge is 0.369 e. The Morgan fingerprint density at radius 2 is 1.50 bits per heavy atom. The first-order valence-electron chi connectivity index (χ1n) is 9.17. The third-order valence-electron chi connectivity index (χ3n) is 4.65. The van der Waals surface area contributed by atoms with E-state index in [-0.39, 0.29) is 17.5 Å². The van der Waals surface area contributed by atoms with Gasteiger partial charge in [-0.1, -0.05) is 80.9 Å². The molecule has 4 nitrogen and oxygen atoms in total. The number of rotatable bonds is 6. The van der Waals surface area contributed by atoms with E-state index >= 15 is 0 Å². The van der Waals surface area contributed by atoms with Crippen LogP contribution in [0.2, 0.25) is 0 Å². The predicted octanol–water partition coefficient (Wildman–Crippen LogP) is 3.98. The van der Waals surface area contributed by atoms with Crippen LogP contribution in [0.15, 0.2) is 65.5 Å². The minimum Gasteiger partial charge on any atom is -0.369 e. The second-order valence-corrected chi connectivity index (χ2v) is 6.40. The number of benzene rings is 2. The van der Waals surface area contributed by atoms with Crippen LogP contribution in [0.5, 0.6) is 0 Å². The first-order chi connectivity index (χ1) is 12.7. The van der Waals surface area contributed by atoms with Crippen LogP contribution in [0.4, 0.5) is 5.95 Å². The number of aryl methyl sites for hydroxylation is 1. The van der Waals surface area contributed by atoms with Gasteiger partial charge in [-0.2, -0.15) is 0 Å². The molecular formula is C22H25N3O. The molecule has 0 saturated carbocycles. The summed E-state index contributed by atoms with van der Waals surface area (Å²) in [5, 5.41) is 0. The standard InChI is InChI=1S/C22H25N3O/c1-3-11-18-19(4-2)24-22(23)25(21(18)26)20(16-12-7-5-8-13-16)17-14-9-6-10-15-17/h5-10,12-15,20H,3-4,11H2,1-2H3,(H2,23,24). The van der Waals surface area contributed by atoms with Crippen molar-refractivity contribution in [3.8, 4) is 0 Å². The normalized spacial score (nSPS) is 11.0. The summed E-state index contributed by atoms with van der Waals surface area (Å²) in [5.74, 6) is 0.268. The molecule has 0 fully saturated rings. The van der Waals surface area contributed by atoms with Crippen molar-refractivity contribution in [1.29, 1.82) is 0 Å². The van der Waals surface area contributed by atoms with Gasteiger partial charge in [-0.3, -0.25) is 9.36 Å². The lowest BCUT2D eigenvalue weighted by Crippen LogP contribution is -2.33. The van der Waals surface area contributed by atoms with E-state index in [0.29, 0.717) is 12.8 Å². The molecule has 1 heterocycles. The van der Waals surface area contributed by atoms with Gasteiger partial charge in [0.2, 0.25) is 5.95 Å².